The van der Waals surface area contributed by atoms with Gasteiger partial charge in [-0.05, 0) is 0 Å². The predicted octanol–water partition coefficient (Wildman–Crippen LogP) is 0.867. The van der Waals surface area contributed by atoms with E-state index in [-0.39, 0.29) is 0 Å². The van der Waals surface area contributed by atoms with Gasteiger partial charge in [-0.25, -0.2) is 0 Å². The lowest BCUT2D eigenvalue weighted by Crippen LogP contribution is -2.09. The average molecular weight is 174 g/mol. The van der Waals surface area contributed by atoms with E-state index in [0.29, 0.717) is 18.3 Å². The molecule has 0 spiro atoms. The molecule has 0 fully saturated rings. The van der Waals surface area contributed by atoms with E-state index in [0.717, 1.165) is 5.75 Å². The van der Waals surface area contributed by atoms with E-state index in [2.05, 4.69) is 11.6 Å². The second kappa shape index (κ2) is 7.63. The van der Waals surface area contributed by atoms with Crippen LogP contribution in [0.1, 0.15) is 0 Å². The Balaban J connectivity index is 3.34. The van der Waals surface area contributed by atoms with Crippen molar-refractivity contribution in [2.45, 2.75) is 0 Å². The fourth-order valence-electron chi connectivity index (χ4n) is 0.430. The number of rotatable bonds is 5. The molecule has 64 valence electrons. The maximum Gasteiger partial charge on any atom is 0.154 e. The third kappa shape index (κ3) is 7.42. The monoisotopic (exact) mass is 174 g/mol. The Morgan fingerprint density at radius 2 is 2.55 bits per heavy atom. The van der Waals surface area contributed by atoms with Crippen molar-refractivity contribution in [3.8, 4) is 0 Å². The summed E-state index contributed by atoms with van der Waals surface area (Å²) in [6.07, 6.45) is 1.71. The van der Waals surface area contributed by atoms with Gasteiger partial charge in [0.1, 0.15) is 0 Å². The summed E-state index contributed by atoms with van der Waals surface area (Å²) in [5.74, 6) is 0.850. The van der Waals surface area contributed by atoms with Crippen LogP contribution in [0, 0.1) is 0 Å². The van der Waals surface area contributed by atoms with E-state index in [1.54, 1.807) is 13.2 Å². The molecule has 0 radical (unpaired) electrons. The third-order valence-electron chi connectivity index (χ3n) is 0.914. The van der Waals surface area contributed by atoms with E-state index in [9.17, 15) is 0 Å². The van der Waals surface area contributed by atoms with Crippen LogP contribution in [0.5, 0.6) is 0 Å². The number of amidine groups is 1. The zero-order valence-electron chi connectivity index (χ0n) is 6.75. The molecule has 0 saturated heterocycles. The average Bonchev–Trinajstić information content (AvgIpc) is 2.01. The van der Waals surface area contributed by atoms with E-state index in [4.69, 9.17) is 10.5 Å². The van der Waals surface area contributed by atoms with Crippen LogP contribution in [0.3, 0.4) is 0 Å². The number of hydrogen-bond acceptors (Lipinski definition) is 3. The lowest BCUT2D eigenvalue weighted by Gasteiger charge is -1.98. The smallest absolute Gasteiger partial charge is 0.154 e. The molecule has 0 saturated carbocycles. The highest BCUT2D eigenvalue weighted by Crippen LogP contribution is 1.98. The van der Waals surface area contributed by atoms with Crippen LogP contribution in [0.15, 0.2) is 17.6 Å². The van der Waals surface area contributed by atoms with Gasteiger partial charge in [0.05, 0.1) is 13.2 Å². The molecule has 0 aliphatic heterocycles. The minimum absolute atomic E-state index is 0.589. The fourth-order valence-corrected chi connectivity index (χ4v) is 1.05. The molecule has 0 bridgehead atoms. The highest BCUT2D eigenvalue weighted by Gasteiger charge is 1.90. The Kier molecular flexibility index (Phi) is 7.29. The molecule has 0 rings (SSSR count). The highest BCUT2D eigenvalue weighted by atomic mass is 32.2. The Morgan fingerprint density at radius 3 is 3.09 bits per heavy atom. The predicted molar refractivity (Wildman–Crippen MR) is 51.0 cm³/mol. The second-order valence-electron chi connectivity index (χ2n) is 1.81. The summed E-state index contributed by atoms with van der Waals surface area (Å²) >= 11 is 1.50. The van der Waals surface area contributed by atoms with Crippen LogP contribution in [0.4, 0.5) is 0 Å². The van der Waals surface area contributed by atoms with Gasteiger partial charge in [-0.3, -0.25) is 4.99 Å². The molecule has 11 heavy (non-hydrogen) atoms. The maximum atomic E-state index is 5.51. The lowest BCUT2D eigenvalue weighted by molar-refractivity contribution is 0.219. The van der Waals surface area contributed by atoms with Gasteiger partial charge in [-0.15, -0.1) is 6.58 Å². The number of thioether (sulfide) groups is 1. The number of aliphatic imine (C=N–C) groups is 1. The van der Waals surface area contributed by atoms with Crippen molar-refractivity contribution in [1.29, 1.82) is 0 Å². The number of hydrogen-bond donors (Lipinski definition) is 1. The summed E-state index contributed by atoms with van der Waals surface area (Å²) in [4.78, 5) is 4.00. The van der Waals surface area contributed by atoms with Crippen LogP contribution in [0.2, 0.25) is 0 Å². The Hall–Kier alpha value is -0.480. The first-order chi connectivity index (χ1) is 5.31. The number of ether oxygens (including phenoxy) is 1. The number of nitrogens with zero attached hydrogens (tertiary/aromatic N) is 1. The molecule has 2 N–H and O–H groups in total. The molecule has 0 aromatic heterocycles. The molecule has 0 amide bonds. The second-order valence-corrected chi connectivity index (χ2v) is 2.92. The quantitative estimate of drug-likeness (QED) is 0.291. The molecule has 0 aromatic carbocycles. The first-order valence-corrected chi connectivity index (χ1v) is 4.32. The Bertz CT molecular complexity index is 136. The van der Waals surface area contributed by atoms with Crippen LogP contribution < -0.4 is 5.73 Å². The molecular weight excluding hydrogens is 160 g/mol. The van der Waals surface area contributed by atoms with E-state index < -0.39 is 0 Å². The summed E-state index contributed by atoms with van der Waals surface area (Å²) in [7, 11) is 1.66. The third-order valence-corrected chi connectivity index (χ3v) is 1.71. The van der Waals surface area contributed by atoms with Gasteiger partial charge in [0.2, 0.25) is 0 Å². The summed E-state index contributed by atoms with van der Waals surface area (Å²) in [5, 5.41) is 0.599. The van der Waals surface area contributed by atoms with Crippen molar-refractivity contribution < 1.29 is 4.74 Å². The van der Waals surface area contributed by atoms with Gasteiger partial charge in [0, 0.05) is 12.9 Å². The maximum absolute atomic E-state index is 5.51. The van der Waals surface area contributed by atoms with Gasteiger partial charge in [-0.2, -0.15) is 0 Å². The first kappa shape index (κ1) is 10.5. The molecule has 3 nitrogen and oxygen atoms in total. The van der Waals surface area contributed by atoms with Crippen molar-refractivity contribution in [1.82, 2.24) is 0 Å². The standard InChI is InChI=1S/C7H14N2OS/c1-3-4-9-7(8)11-6-5-10-2/h3H,1,4-6H2,2H3,(H2,8,9). The van der Waals surface area contributed by atoms with Gasteiger partial charge < -0.3 is 10.5 Å². The van der Waals surface area contributed by atoms with Crippen molar-refractivity contribution in [2.24, 2.45) is 10.7 Å². The molecule has 0 heterocycles. The topological polar surface area (TPSA) is 47.6 Å². The van der Waals surface area contributed by atoms with Crippen molar-refractivity contribution >= 4 is 16.9 Å². The Labute approximate surface area is 71.7 Å². The number of nitrogens with two attached hydrogens (primary N) is 1. The van der Waals surface area contributed by atoms with Crippen molar-refractivity contribution in [3.63, 3.8) is 0 Å². The summed E-state index contributed by atoms with van der Waals surface area (Å²) in [5.41, 5.74) is 5.51. The van der Waals surface area contributed by atoms with Gasteiger partial charge in [0.25, 0.3) is 0 Å². The zero-order valence-corrected chi connectivity index (χ0v) is 7.56. The molecule has 4 heteroatoms. The SMILES string of the molecule is C=CCN=C(N)SCCOC. The minimum Gasteiger partial charge on any atom is -0.384 e. The molecule has 0 atom stereocenters. The summed E-state index contributed by atoms with van der Waals surface area (Å²) in [6, 6.07) is 0. The fraction of sp³-hybridized carbons (Fsp3) is 0.571. The van der Waals surface area contributed by atoms with E-state index in [1.165, 1.54) is 11.8 Å². The van der Waals surface area contributed by atoms with Gasteiger partial charge >= 0.3 is 0 Å². The largest absolute Gasteiger partial charge is 0.384 e. The van der Waals surface area contributed by atoms with Crippen LogP contribution in [-0.2, 0) is 4.74 Å². The minimum atomic E-state index is 0.589. The normalized spacial score (nSPS) is 11.5. The van der Waals surface area contributed by atoms with Crippen molar-refractivity contribution in [3.05, 3.63) is 12.7 Å². The zero-order chi connectivity index (χ0) is 8.53. The Morgan fingerprint density at radius 1 is 1.82 bits per heavy atom. The molecular formula is C7H14N2OS. The van der Waals surface area contributed by atoms with Gasteiger partial charge in [0.15, 0.2) is 5.17 Å². The van der Waals surface area contributed by atoms with E-state index in [1.807, 2.05) is 0 Å². The summed E-state index contributed by atoms with van der Waals surface area (Å²) < 4.78 is 4.85. The van der Waals surface area contributed by atoms with E-state index >= 15 is 0 Å². The lowest BCUT2D eigenvalue weighted by atomic mass is 10.7. The molecule has 0 aliphatic rings. The first-order valence-electron chi connectivity index (χ1n) is 3.33. The molecule has 0 aliphatic carbocycles. The molecule has 0 unspecified atom stereocenters. The van der Waals surface area contributed by atoms with Gasteiger partial charge in [-0.1, -0.05) is 17.8 Å². The van der Waals surface area contributed by atoms with Crippen LogP contribution in [0.25, 0.3) is 0 Å². The van der Waals surface area contributed by atoms with Crippen LogP contribution in [-0.4, -0.2) is 31.2 Å². The number of methoxy groups -OCH3 is 1. The summed E-state index contributed by atoms with van der Waals surface area (Å²) in [6.45, 7) is 4.82. The van der Waals surface area contributed by atoms with Crippen molar-refractivity contribution in [2.75, 3.05) is 26.0 Å². The van der Waals surface area contributed by atoms with Crippen LogP contribution >= 0.6 is 11.8 Å². The molecule has 0 aromatic rings. The highest BCUT2D eigenvalue weighted by molar-refractivity contribution is 8.13.